The standard InChI is InChI=1S/C13H23N3S/c1-13(2)5-3-10(4-6-13)11(16-14)9-12-15-7-8-17-12/h7-8,10-11,16H,3-6,9,14H2,1-2H3. The summed E-state index contributed by atoms with van der Waals surface area (Å²) in [6.07, 6.45) is 8.04. The summed E-state index contributed by atoms with van der Waals surface area (Å²) in [7, 11) is 0. The van der Waals surface area contributed by atoms with Crippen LogP contribution in [0.2, 0.25) is 0 Å². The van der Waals surface area contributed by atoms with E-state index in [1.807, 2.05) is 11.6 Å². The molecule has 1 aromatic heterocycles. The lowest BCUT2D eigenvalue weighted by molar-refractivity contribution is 0.161. The largest absolute Gasteiger partial charge is 0.271 e. The molecule has 1 aromatic rings. The quantitative estimate of drug-likeness (QED) is 0.641. The number of hydrogen-bond donors (Lipinski definition) is 2. The molecular weight excluding hydrogens is 230 g/mol. The molecule has 1 atom stereocenters. The second kappa shape index (κ2) is 5.46. The second-order valence-electron chi connectivity index (χ2n) is 5.90. The number of nitrogens with two attached hydrogens (primary N) is 1. The molecule has 0 spiro atoms. The van der Waals surface area contributed by atoms with Gasteiger partial charge < -0.3 is 0 Å². The maximum atomic E-state index is 5.71. The van der Waals surface area contributed by atoms with E-state index in [0.29, 0.717) is 17.4 Å². The third kappa shape index (κ3) is 3.50. The van der Waals surface area contributed by atoms with Crippen molar-refractivity contribution in [1.29, 1.82) is 0 Å². The molecule has 0 amide bonds. The first-order valence-electron chi connectivity index (χ1n) is 6.45. The number of nitrogens with one attached hydrogen (secondary N) is 1. The van der Waals surface area contributed by atoms with Crippen molar-refractivity contribution in [3.63, 3.8) is 0 Å². The summed E-state index contributed by atoms with van der Waals surface area (Å²) < 4.78 is 0. The molecule has 1 aliphatic carbocycles. The Kier molecular flexibility index (Phi) is 4.17. The van der Waals surface area contributed by atoms with Crippen LogP contribution in [0.4, 0.5) is 0 Å². The number of nitrogens with zero attached hydrogens (tertiary/aromatic N) is 1. The molecule has 1 aliphatic rings. The fourth-order valence-electron chi connectivity index (χ4n) is 2.73. The minimum atomic E-state index is 0.386. The van der Waals surface area contributed by atoms with Gasteiger partial charge in [-0.05, 0) is 37.0 Å². The molecule has 1 heterocycles. The Labute approximate surface area is 108 Å². The molecule has 4 heteroatoms. The maximum Gasteiger partial charge on any atom is 0.0940 e. The first-order chi connectivity index (χ1) is 8.11. The van der Waals surface area contributed by atoms with Gasteiger partial charge in [-0.15, -0.1) is 11.3 Å². The SMILES string of the molecule is CC1(C)CCC(C(Cc2nccs2)NN)CC1. The van der Waals surface area contributed by atoms with Crippen molar-refractivity contribution in [3.05, 3.63) is 16.6 Å². The predicted octanol–water partition coefficient (Wildman–Crippen LogP) is 2.73. The van der Waals surface area contributed by atoms with Crippen LogP contribution >= 0.6 is 11.3 Å². The van der Waals surface area contributed by atoms with E-state index in [-0.39, 0.29) is 0 Å². The molecule has 0 saturated heterocycles. The highest BCUT2D eigenvalue weighted by molar-refractivity contribution is 7.09. The summed E-state index contributed by atoms with van der Waals surface area (Å²) in [5.74, 6) is 6.42. The van der Waals surface area contributed by atoms with Crippen LogP contribution in [0.1, 0.15) is 44.5 Å². The molecule has 0 aliphatic heterocycles. The minimum absolute atomic E-state index is 0.386. The van der Waals surface area contributed by atoms with Crippen LogP contribution < -0.4 is 11.3 Å². The zero-order valence-corrected chi connectivity index (χ0v) is 11.6. The third-order valence-corrected chi connectivity index (χ3v) is 4.85. The first-order valence-corrected chi connectivity index (χ1v) is 7.33. The summed E-state index contributed by atoms with van der Waals surface area (Å²) >= 11 is 1.72. The number of thiazole rings is 1. The lowest BCUT2D eigenvalue weighted by Gasteiger charge is -2.37. The number of aromatic nitrogens is 1. The molecule has 17 heavy (non-hydrogen) atoms. The Bertz CT molecular complexity index is 324. The Balaban J connectivity index is 1.91. The molecule has 3 N–H and O–H groups in total. The van der Waals surface area contributed by atoms with Crippen molar-refractivity contribution in [2.75, 3.05) is 0 Å². The summed E-state index contributed by atoms with van der Waals surface area (Å²) in [5.41, 5.74) is 3.53. The zero-order valence-electron chi connectivity index (χ0n) is 10.8. The van der Waals surface area contributed by atoms with Gasteiger partial charge in [0.05, 0.1) is 5.01 Å². The average molecular weight is 253 g/mol. The molecule has 1 fully saturated rings. The Morgan fingerprint density at radius 3 is 2.76 bits per heavy atom. The Morgan fingerprint density at radius 1 is 1.53 bits per heavy atom. The van der Waals surface area contributed by atoms with Crippen molar-refractivity contribution in [3.8, 4) is 0 Å². The molecular formula is C13H23N3S. The maximum absolute atomic E-state index is 5.71. The molecule has 0 aromatic carbocycles. The van der Waals surface area contributed by atoms with Crippen LogP contribution in [-0.2, 0) is 6.42 Å². The molecule has 2 rings (SSSR count). The van der Waals surface area contributed by atoms with Crippen LogP contribution in [0.3, 0.4) is 0 Å². The highest BCUT2D eigenvalue weighted by atomic mass is 32.1. The lowest BCUT2D eigenvalue weighted by Crippen LogP contribution is -2.44. The number of hydrazine groups is 1. The van der Waals surface area contributed by atoms with E-state index in [1.54, 1.807) is 11.3 Å². The first kappa shape index (κ1) is 13.0. The van der Waals surface area contributed by atoms with Crippen molar-refractivity contribution in [1.82, 2.24) is 10.4 Å². The fourth-order valence-corrected chi connectivity index (χ4v) is 3.40. The fraction of sp³-hybridized carbons (Fsp3) is 0.769. The predicted molar refractivity (Wildman–Crippen MR) is 72.7 cm³/mol. The lowest BCUT2D eigenvalue weighted by atomic mass is 9.71. The van der Waals surface area contributed by atoms with Gasteiger partial charge >= 0.3 is 0 Å². The van der Waals surface area contributed by atoms with Crippen molar-refractivity contribution in [2.45, 2.75) is 52.0 Å². The van der Waals surface area contributed by atoms with Crippen LogP contribution in [0, 0.1) is 11.3 Å². The highest BCUT2D eigenvalue weighted by Crippen LogP contribution is 2.39. The van der Waals surface area contributed by atoms with E-state index < -0.39 is 0 Å². The average Bonchev–Trinajstić information content (AvgIpc) is 2.79. The summed E-state index contributed by atoms with van der Waals surface area (Å²) in [5, 5.41) is 3.23. The van der Waals surface area contributed by atoms with Crippen LogP contribution in [-0.4, -0.2) is 11.0 Å². The van der Waals surface area contributed by atoms with Gasteiger partial charge in [-0.1, -0.05) is 13.8 Å². The van der Waals surface area contributed by atoms with E-state index in [4.69, 9.17) is 5.84 Å². The third-order valence-electron chi connectivity index (χ3n) is 4.04. The highest BCUT2D eigenvalue weighted by Gasteiger charge is 2.31. The van der Waals surface area contributed by atoms with Crippen molar-refractivity contribution in [2.24, 2.45) is 17.2 Å². The number of rotatable bonds is 4. The van der Waals surface area contributed by atoms with Gasteiger partial charge in [-0.25, -0.2) is 4.98 Å². The van der Waals surface area contributed by atoms with Gasteiger partial charge in [0, 0.05) is 24.0 Å². The van der Waals surface area contributed by atoms with E-state index in [1.165, 1.54) is 30.7 Å². The topological polar surface area (TPSA) is 50.9 Å². The monoisotopic (exact) mass is 253 g/mol. The van der Waals surface area contributed by atoms with E-state index in [2.05, 4.69) is 24.3 Å². The Hall–Kier alpha value is -0.450. The van der Waals surface area contributed by atoms with Gasteiger partial charge in [0.1, 0.15) is 0 Å². The summed E-state index contributed by atoms with van der Waals surface area (Å²) in [6.45, 7) is 4.74. The van der Waals surface area contributed by atoms with Gasteiger partial charge in [0.15, 0.2) is 0 Å². The van der Waals surface area contributed by atoms with Crippen LogP contribution in [0.25, 0.3) is 0 Å². The molecule has 0 radical (unpaired) electrons. The normalized spacial score (nSPS) is 22.5. The summed E-state index contributed by atoms with van der Waals surface area (Å²) in [6, 6.07) is 0.386. The molecule has 96 valence electrons. The second-order valence-corrected chi connectivity index (χ2v) is 6.88. The van der Waals surface area contributed by atoms with E-state index in [0.717, 1.165) is 6.42 Å². The van der Waals surface area contributed by atoms with Crippen LogP contribution in [0.5, 0.6) is 0 Å². The number of hydrogen-bond acceptors (Lipinski definition) is 4. The molecule has 1 unspecified atom stereocenters. The summed E-state index contributed by atoms with van der Waals surface area (Å²) in [4.78, 5) is 4.35. The molecule has 0 bridgehead atoms. The Morgan fingerprint density at radius 2 is 2.24 bits per heavy atom. The molecule has 1 saturated carbocycles. The van der Waals surface area contributed by atoms with E-state index >= 15 is 0 Å². The minimum Gasteiger partial charge on any atom is -0.271 e. The van der Waals surface area contributed by atoms with Gasteiger partial charge in [-0.2, -0.15) is 0 Å². The zero-order chi connectivity index (χ0) is 12.3. The van der Waals surface area contributed by atoms with Gasteiger partial charge in [0.2, 0.25) is 0 Å². The van der Waals surface area contributed by atoms with Crippen LogP contribution in [0.15, 0.2) is 11.6 Å². The van der Waals surface area contributed by atoms with E-state index in [9.17, 15) is 0 Å². The van der Waals surface area contributed by atoms with Crippen molar-refractivity contribution < 1.29 is 0 Å². The van der Waals surface area contributed by atoms with Gasteiger partial charge in [-0.3, -0.25) is 11.3 Å². The van der Waals surface area contributed by atoms with Gasteiger partial charge in [0.25, 0.3) is 0 Å². The molecule has 3 nitrogen and oxygen atoms in total. The smallest absolute Gasteiger partial charge is 0.0940 e. The van der Waals surface area contributed by atoms with Crippen molar-refractivity contribution >= 4 is 11.3 Å².